The third-order valence-corrected chi connectivity index (χ3v) is 6.23. The number of hydrogen-bond donors (Lipinski definition) is 1. The molecule has 2 aliphatic heterocycles. The molecule has 0 spiro atoms. The third kappa shape index (κ3) is 4.71. The van der Waals surface area contributed by atoms with Gasteiger partial charge in [0.1, 0.15) is 12.1 Å². The molecule has 0 bridgehead atoms. The molecule has 1 amide bonds. The van der Waals surface area contributed by atoms with Gasteiger partial charge in [0.15, 0.2) is 0 Å². The molecule has 0 radical (unpaired) electrons. The molecule has 4 rings (SSSR count). The molecule has 8 heteroatoms. The van der Waals surface area contributed by atoms with Crippen molar-refractivity contribution in [2.45, 2.75) is 69.1 Å². The van der Waals surface area contributed by atoms with E-state index < -0.39 is 6.04 Å². The van der Waals surface area contributed by atoms with Gasteiger partial charge in [-0.1, -0.05) is 42.3 Å². The second-order valence-corrected chi connectivity index (χ2v) is 8.15. The van der Waals surface area contributed by atoms with Gasteiger partial charge in [0, 0.05) is 12.6 Å². The summed E-state index contributed by atoms with van der Waals surface area (Å²) in [6.07, 6.45) is 7.13. The number of benzene rings is 1. The maximum absolute atomic E-state index is 12.6. The molecule has 3 aliphatic rings. The first-order valence-corrected chi connectivity index (χ1v) is 10.4. The number of amides is 1. The van der Waals surface area contributed by atoms with Crippen molar-refractivity contribution in [2.24, 2.45) is 16.1 Å². The average molecular weight is 417 g/mol. The molecule has 2 N–H and O–H groups in total. The minimum absolute atomic E-state index is 0. The van der Waals surface area contributed by atoms with E-state index in [0.29, 0.717) is 19.0 Å². The van der Waals surface area contributed by atoms with Crippen LogP contribution in [0.2, 0.25) is 0 Å². The first-order chi connectivity index (χ1) is 13.7. The van der Waals surface area contributed by atoms with Gasteiger partial charge in [0.25, 0.3) is 0 Å². The van der Waals surface area contributed by atoms with E-state index in [1.807, 2.05) is 12.1 Å². The number of nitrogens with two attached hydrogens (primary N) is 1. The highest BCUT2D eigenvalue weighted by Crippen LogP contribution is 2.32. The molecule has 1 aromatic rings. The topological polar surface area (TPSA) is 98.1 Å². The number of carbonyl (C=O) groups excluding carboxylic acids is 1. The summed E-state index contributed by atoms with van der Waals surface area (Å²) in [5.74, 6) is -0.120. The predicted octanol–water partition coefficient (Wildman–Crippen LogP) is 3.16. The maximum Gasteiger partial charge on any atom is 0.240 e. The Morgan fingerprint density at radius 2 is 1.93 bits per heavy atom. The summed E-state index contributed by atoms with van der Waals surface area (Å²) in [5.41, 5.74) is 8.33. The van der Waals surface area contributed by atoms with Gasteiger partial charge in [-0.25, -0.2) is 0 Å². The molecule has 1 saturated carbocycles. The second kappa shape index (κ2) is 9.55. The Labute approximate surface area is 178 Å². The lowest BCUT2D eigenvalue weighted by molar-refractivity contribution is -0.132. The standard InChI is InChI=1S/C21H28N6O.ClH/c22-13-18-6-3-11-26(18)21(28)19(23)12-15-7-9-16(10-8-15)20-14-27(25-24-20)17-4-1-2-5-17;/h7-10,17-20H,1-6,11-12,14,23H2;1H/t18-,19-,20?;/m0./s1. The van der Waals surface area contributed by atoms with Crippen LogP contribution in [0.4, 0.5) is 0 Å². The number of hydrogen-bond acceptors (Lipinski definition) is 6. The molecule has 1 aliphatic carbocycles. The van der Waals surface area contributed by atoms with E-state index in [1.54, 1.807) is 4.90 Å². The van der Waals surface area contributed by atoms with Gasteiger partial charge >= 0.3 is 0 Å². The average Bonchev–Trinajstić information content (AvgIpc) is 3.48. The summed E-state index contributed by atoms with van der Waals surface area (Å²) in [6, 6.07) is 10.1. The molecule has 3 atom stereocenters. The van der Waals surface area contributed by atoms with Crippen LogP contribution >= 0.6 is 12.4 Å². The lowest BCUT2D eigenvalue weighted by atomic mass is 10.0. The summed E-state index contributed by atoms with van der Waals surface area (Å²) in [5, 5.41) is 20.2. The van der Waals surface area contributed by atoms with Crippen molar-refractivity contribution in [3.8, 4) is 6.07 Å². The van der Waals surface area contributed by atoms with E-state index in [1.165, 1.54) is 25.7 Å². The van der Waals surface area contributed by atoms with E-state index in [4.69, 9.17) is 5.73 Å². The molecule has 1 saturated heterocycles. The Hall–Kier alpha value is -2.17. The van der Waals surface area contributed by atoms with Gasteiger partial charge < -0.3 is 10.6 Å². The molecular weight excluding hydrogens is 388 g/mol. The molecule has 29 heavy (non-hydrogen) atoms. The number of carbonyl (C=O) groups is 1. The van der Waals surface area contributed by atoms with Gasteiger partial charge in [-0.05, 0) is 43.2 Å². The monoisotopic (exact) mass is 416 g/mol. The minimum Gasteiger partial charge on any atom is -0.325 e. The van der Waals surface area contributed by atoms with Crippen molar-refractivity contribution in [3.63, 3.8) is 0 Å². The molecule has 156 valence electrons. The van der Waals surface area contributed by atoms with Crippen LogP contribution in [0.25, 0.3) is 0 Å². The van der Waals surface area contributed by atoms with Crippen LogP contribution in [0, 0.1) is 11.3 Å². The smallest absolute Gasteiger partial charge is 0.240 e. The van der Waals surface area contributed by atoms with Crippen LogP contribution in [0.3, 0.4) is 0 Å². The van der Waals surface area contributed by atoms with Crippen LogP contribution in [0.5, 0.6) is 0 Å². The normalized spacial score (nSPS) is 25.1. The van der Waals surface area contributed by atoms with Gasteiger partial charge in [0.2, 0.25) is 5.91 Å². The highest BCUT2D eigenvalue weighted by molar-refractivity contribution is 5.85. The Balaban J connectivity index is 0.00000240. The van der Waals surface area contributed by atoms with Crippen LogP contribution < -0.4 is 5.73 Å². The second-order valence-electron chi connectivity index (χ2n) is 8.15. The number of likely N-dealkylation sites (tertiary alicyclic amines) is 1. The molecular formula is C21H29ClN6O. The minimum atomic E-state index is -0.608. The van der Waals surface area contributed by atoms with E-state index in [0.717, 1.165) is 30.5 Å². The number of nitrogens with zero attached hydrogens (tertiary/aromatic N) is 5. The molecule has 2 fully saturated rings. The van der Waals surface area contributed by atoms with Gasteiger partial charge in [0.05, 0.1) is 18.7 Å². The van der Waals surface area contributed by atoms with Crippen molar-refractivity contribution in [2.75, 3.05) is 13.1 Å². The van der Waals surface area contributed by atoms with Crippen molar-refractivity contribution in [1.29, 1.82) is 5.26 Å². The Morgan fingerprint density at radius 1 is 1.21 bits per heavy atom. The zero-order valence-electron chi connectivity index (χ0n) is 16.6. The number of nitriles is 1. The van der Waals surface area contributed by atoms with E-state index >= 15 is 0 Å². The molecule has 7 nitrogen and oxygen atoms in total. The zero-order valence-corrected chi connectivity index (χ0v) is 17.4. The quantitative estimate of drug-likeness (QED) is 0.796. The van der Waals surface area contributed by atoms with Gasteiger partial charge in [-0.15, -0.1) is 12.4 Å². The van der Waals surface area contributed by atoms with Crippen molar-refractivity contribution < 1.29 is 4.79 Å². The Kier molecular flexibility index (Phi) is 7.09. The summed E-state index contributed by atoms with van der Waals surface area (Å²) >= 11 is 0. The highest BCUT2D eigenvalue weighted by Gasteiger charge is 2.32. The highest BCUT2D eigenvalue weighted by atomic mass is 35.5. The van der Waals surface area contributed by atoms with E-state index in [2.05, 4.69) is 33.5 Å². The van der Waals surface area contributed by atoms with Gasteiger partial charge in [-0.3, -0.25) is 9.80 Å². The van der Waals surface area contributed by atoms with E-state index in [-0.39, 0.29) is 30.4 Å². The van der Waals surface area contributed by atoms with Crippen LogP contribution in [0.1, 0.15) is 55.7 Å². The number of halogens is 1. The first kappa shape index (κ1) is 21.5. The van der Waals surface area contributed by atoms with E-state index in [9.17, 15) is 10.1 Å². The van der Waals surface area contributed by atoms with Crippen molar-refractivity contribution >= 4 is 18.3 Å². The lowest BCUT2D eigenvalue weighted by Crippen LogP contribution is -2.46. The van der Waals surface area contributed by atoms with Crippen molar-refractivity contribution in [1.82, 2.24) is 9.91 Å². The fourth-order valence-electron chi connectivity index (χ4n) is 4.57. The fraction of sp³-hybridized carbons (Fsp3) is 0.619. The Morgan fingerprint density at radius 3 is 2.62 bits per heavy atom. The summed E-state index contributed by atoms with van der Waals surface area (Å²) in [6.45, 7) is 1.49. The summed E-state index contributed by atoms with van der Waals surface area (Å²) in [4.78, 5) is 14.2. The third-order valence-electron chi connectivity index (χ3n) is 6.23. The van der Waals surface area contributed by atoms with Gasteiger partial charge in [-0.2, -0.15) is 10.4 Å². The Bertz CT molecular complexity index is 770. The zero-order chi connectivity index (χ0) is 19.5. The van der Waals surface area contributed by atoms with Crippen LogP contribution in [-0.4, -0.2) is 47.0 Å². The number of rotatable bonds is 5. The first-order valence-electron chi connectivity index (χ1n) is 10.4. The van der Waals surface area contributed by atoms with Crippen LogP contribution in [-0.2, 0) is 11.2 Å². The lowest BCUT2D eigenvalue weighted by Gasteiger charge is -2.23. The molecule has 0 aromatic heterocycles. The van der Waals surface area contributed by atoms with Crippen molar-refractivity contribution in [3.05, 3.63) is 35.4 Å². The summed E-state index contributed by atoms with van der Waals surface area (Å²) < 4.78 is 0. The molecule has 2 heterocycles. The fourth-order valence-corrected chi connectivity index (χ4v) is 4.57. The molecule has 1 unspecified atom stereocenters. The predicted molar refractivity (Wildman–Crippen MR) is 112 cm³/mol. The largest absolute Gasteiger partial charge is 0.325 e. The SMILES string of the molecule is Cl.N#C[C@@H]1CCCN1C(=O)[C@@H](N)Cc1ccc(C2CN(C3CCCC3)N=N2)cc1. The van der Waals surface area contributed by atoms with Crippen LogP contribution in [0.15, 0.2) is 34.6 Å². The molecule has 1 aromatic carbocycles. The summed E-state index contributed by atoms with van der Waals surface area (Å²) in [7, 11) is 0. The maximum atomic E-state index is 12.6.